The van der Waals surface area contributed by atoms with Crippen LogP contribution in [0.5, 0.6) is 0 Å². The van der Waals surface area contributed by atoms with Crippen molar-refractivity contribution in [1.82, 2.24) is 10.3 Å². The molecule has 0 aliphatic heterocycles. The van der Waals surface area contributed by atoms with E-state index in [2.05, 4.69) is 10.3 Å². The Morgan fingerprint density at radius 1 is 1.24 bits per heavy atom. The van der Waals surface area contributed by atoms with Crippen molar-refractivity contribution in [2.24, 2.45) is 0 Å². The van der Waals surface area contributed by atoms with Crippen LogP contribution in [0.25, 0.3) is 10.9 Å². The Labute approximate surface area is 124 Å². The zero-order chi connectivity index (χ0) is 15.4. The van der Waals surface area contributed by atoms with Crippen LogP contribution in [0.15, 0.2) is 30.3 Å². The summed E-state index contributed by atoms with van der Waals surface area (Å²) in [5.41, 5.74) is 2.22. The molecule has 1 amide bonds. The van der Waals surface area contributed by atoms with Crippen molar-refractivity contribution in [1.29, 1.82) is 0 Å². The fourth-order valence-electron chi connectivity index (χ4n) is 2.35. The monoisotopic (exact) mass is 288 g/mol. The first kappa shape index (κ1) is 15.4. The Hall–Kier alpha value is -1.98. The quantitative estimate of drug-likeness (QED) is 0.857. The molecular weight excluding hydrogens is 268 g/mol. The Balaban J connectivity index is 2.31. The summed E-state index contributed by atoms with van der Waals surface area (Å²) >= 11 is 0. The predicted octanol–water partition coefficient (Wildman–Crippen LogP) is 2.28. The molecule has 1 atom stereocenters. The van der Waals surface area contributed by atoms with E-state index in [1.807, 2.05) is 38.1 Å². The number of carbonyl (C=O) groups excluding carboxylic acids is 1. The maximum absolute atomic E-state index is 12.5. The number of nitrogens with one attached hydrogen (secondary N) is 1. The molecule has 1 aromatic carbocycles. The van der Waals surface area contributed by atoms with Crippen molar-refractivity contribution in [3.63, 3.8) is 0 Å². The van der Waals surface area contributed by atoms with Gasteiger partial charge in [0.05, 0.1) is 17.1 Å². The predicted molar refractivity (Wildman–Crippen MR) is 81.2 cm³/mol. The van der Waals surface area contributed by atoms with Crippen LogP contribution in [0.3, 0.4) is 0 Å². The lowest BCUT2D eigenvalue weighted by molar-refractivity contribution is -0.117. The smallest absolute Gasteiger partial charge is 0.252 e. The number of para-hydroxylation sites is 1. The van der Waals surface area contributed by atoms with Crippen molar-refractivity contribution >= 4 is 16.8 Å². The van der Waals surface area contributed by atoms with Crippen LogP contribution >= 0.6 is 0 Å². The molecule has 0 fully saturated rings. The molecule has 1 heterocycles. The van der Waals surface area contributed by atoms with Gasteiger partial charge in [-0.05, 0) is 26.0 Å². The van der Waals surface area contributed by atoms with E-state index in [4.69, 9.17) is 9.47 Å². The number of methoxy groups -OCH3 is 2. The summed E-state index contributed by atoms with van der Waals surface area (Å²) in [6.07, 6.45) is -0.483. The largest absolute Gasteiger partial charge is 0.354 e. The summed E-state index contributed by atoms with van der Waals surface area (Å²) in [6, 6.07) is 9.12. The Morgan fingerprint density at radius 3 is 2.57 bits per heavy atom. The molecule has 1 N–H and O–H groups in total. The van der Waals surface area contributed by atoms with E-state index in [9.17, 15) is 4.79 Å². The number of aromatic nitrogens is 1. The molecule has 0 aliphatic rings. The number of amides is 1. The third-order valence-corrected chi connectivity index (χ3v) is 3.32. The number of pyridine rings is 1. The van der Waals surface area contributed by atoms with Gasteiger partial charge in [0.2, 0.25) is 0 Å². The minimum atomic E-state index is -0.483. The van der Waals surface area contributed by atoms with E-state index in [1.54, 1.807) is 20.3 Å². The Kier molecular flexibility index (Phi) is 4.88. The molecule has 1 unspecified atom stereocenters. The lowest BCUT2D eigenvalue weighted by Crippen LogP contribution is -2.43. The normalized spacial score (nSPS) is 12.6. The Bertz CT molecular complexity index is 638. The first-order chi connectivity index (χ1) is 10.1. The van der Waals surface area contributed by atoms with Gasteiger partial charge in [-0.25, -0.2) is 0 Å². The third kappa shape index (κ3) is 3.37. The van der Waals surface area contributed by atoms with E-state index < -0.39 is 6.29 Å². The number of hydrogen-bond donors (Lipinski definition) is 1. The number of fused-ring (bicyclic) bond motifs is 1. The molecule has 2 rings (SSSR count). The molecule has 1 aromatic heterocycles. The van der Waals surface area contributed by atoms with Gasteiger partial charge in [-0.2, -0.15) is 0 Å². The summed E-state index contributed by atoms with van der Waals surface area (Å²) < 4.78 is 10.3. The number of rotatable bonds is 5. The SMILES string of the molecule is COC(OC)C(C)NC(=O)c1cc(C)nc2ccccc12. The van der Waals surface area contributed by atoms with Crippen LogP contribution < -0.4 is 5.32 Å². The van der Waals surface area contributed by atoms with Gasteiger partial charge in [-0.3, -0.25) is 9.78 Å². The standard InChI is InChI=1S/C16H20N2O3/c1-10-9-13(12-7-5-6-8-14(12)17-10)15(19)18-11(2)16(20-3)21-4/h5-9,11,16H,1-4H3,(H,18,19). The van der Waals surface area contributed by atoms with Gasteiger partial charge in [-0.1, -0.05) is 18.2 Å². The summed E-state index contributed by atoms with van der Waals surface area (Å²) in [7, 11) is 3.09. The number of ether oxygens (including phenoxy) is 2. The number of nitrogens with zero attached hydrogens (tertiary/aromatic N) is 1. The van der Waals surface area contributed by atoms with E-state index in [-0.39, 0.29) is 11.9 Å². The van der Waals surface area contributed by atoms with Crippen molar-refractivity contribution in [3.8, 4) is 0 Å². The first-order valence-corrected chi connectivity index (χ1v) is 6.79. The zero-order valence-electron chi connectivity index (χ0n) is 12.7. The fraction of sp³-hybridized carbons (Fsp3) is 0.375. The molecule has 2 aromatic rings. The molecule has 0 aliphatic carbocycles. The molecule has 0 bridgehead atoms. The van der Waals surface area contributed by atoms with Gasteiger partial charge in [0.25, 0.3) is 5.91 Å². The van der Waals surface area contributed by atoms with Crippen LogP contribution in [0, 0.1) is 6.92 Å². The van der Waals surface area contributed by atoms with Gasteiger partial charge in [0, 0.05) is 25.3 Å². The van der Waals surface area contributed by atoms with Crippen LogP contribution in [0.4, 0.5) is 0 Å². The van der Waals surface area contributed by atoms with Crippen molar-refractivity contribution in [3.05, 3.63) is 41.6 Å². The van der Waals surface area contributed by atoms with Crippen LogP contribution in [0.1, 0.15) is 23.0 Å². The maximum Gasteiger partial charge on any atom is 0.252 e. The van der Waals surface area contributed by atoms with Gasteiger partial charge < -0.3 is 14.8 Å². The second-order valence-electron chi connectivity index (χ2n) is 4.93. The molecule has 5 heteroatoms. The first-order valence-electron chi connectivity index (χ1n) is 6.79. The van der Waals surface area contributed by atoms with Crippen LogP contribution in [-0.4, -0.2) is 37.4 Å². The average Bonchev–Trinajstić information content (AvgIpc) is 2.47. The average molecular weight is 288 g/mol. The highest BCUT2D eigenvalue weighted by molar-refractivity contribution is 6.06. The van der Waals surface area contributed by atoms with Crippen LogP contribution in [-0.2, 0) is 9.47 Å². The van der Waals surface area contributed by atoms with E-state index in [0.29, 0.717) is 5.56 Å². The minimum absolute atomic E-state index is 0.164. The molecule has 0 saturated carbocycles. The summed E-state index contributed by atoms with van der Waals surface area (Å²) in [5.74, 6) is -0.164. The van der Waals surface area contributed by atoms with Crippen molar-refractivity contribution < 1.29 is 14.3 Å². The summed E-state index contributed by atoms with van der Waals surface area (Å²) in [6.45, 7) is 3.71. The number of carbonyl (C=O) groups is 1. The molecule has 5 nitrogen and oxygen atoms in total. The second-order valence-corrected chi connectivity index (χ2v) is 4.93. The van der Waals surface area contributed by atoms with Crippen LogP contribution in [0.2, 0.25) is 0 Å². The van der Waals surface area contributed by atoms with Gasteiger partial charge in [0.15, 0.2) is 6.29 Å². The lowest BCUT2D eigenvalue weighted by Gasteiger charge is -2.22. The Morgan fingerprint density at radius 2 is 1.90 bits per heavy atom. The van der Waals surface area contributed by atoms with Crippen molar-refractivity contribution in [2.45, 2.75) is 26.2 Å². The number of benzene rings is 1. The lowest BCUT2D eigenvalue weighted by atomic mass is 10.1. The van der Waals surface area contributed by atoms with Gasteiger partial charge >= 0.3 is 0 Å². The fourth-order valence-corrected chi connectivity index (χ4v) is 2.35. The van der Waals surface area contributed by atoms with Gasteiger partial charge in [0.1, 0.15) is 0 Å². The van der Waals surface area contributed by atoms with Gasteiger partial charge in [-0.15, -0.1) is 0 Å². The number of hydrogen-bond acceptors (Lipinski definition) is 4. The summed E-state index contributed by atoms with van der Waals surface area (Å²) in [4.78, 5) is 16.9. The molecular formula is C16H20N2O3. The molecule has 0 saturated heterocycles. The van der Waals surface area contributed by atoms with E-state index in [0.717, 1.165) is 16.6 Å². The van der Waals surface area contributed by atoms with E-state index >= 15 is 0 Å². The highest BCUT2D eigenvalue weighted by Crippen LogP contribution is 2.18. The van der Waals surface area contributed by atoms with Crippen molar-refractivity contribution in [2.75, 3.05) is 14.2 Å². The molecule has 21 heavy (non-hydrogen) atoms. The zero-order valence-corrected chi connectivity index (χ0v) is 12.7. The minimum Gasteiger partial charge on any atom is -0.354 e. The molecule has 112 valence electrons. The maximum atomic E-state index is 12.5. The topological polar surface area (TPSA) is 60.5 Å². The third-order valence-electron chi connectivity index (χ3n) is 3.32. The molecule has 0 radical (unpaired) electrons. The second kappa shape index (κ2) is 6.65. The highest BCUT2D eigenvalue weighted by Gasteiger charge is 2.20. The van der Waals surface area contributed by atoms with E-state index in [1.165, 1.54) is 0 Å². The number of aryl methyl sites for hydroxylation is 1. The highest BCUT2D eigenvalue weighted by atomic mass is 16.7. The molecule has 0 spiro atoms. The summed E-state index contributed by atoms with van der Waals surface area (Å²) in [5, 5.41) is 3.73.